The van der Waals surface area contributed by atoms with Crippen molar-refractivity contribution in [3.05, 3.63) is 33.4 Å². The van der Waals surface area contributed by atoms with Gasteiger partial charge in [0.05, 0.1) is 10.3 Å². The van der Waals surface area contributed by atoms with Gasteiger partial charge in [0.25, 0.3) is 5.69 Å². The molecule has 1 heterocycles. The van der Waals surface area contributed by atoms with Crippen LogP contribution in [0.5, 0.6) is 0 Å². The third kappa shape index (κ3) is 2.93. The molecule has 126 valence electrons. The van der Waals surface area contributed by atoms with Gasteiger partial charge in [-0.15, -0.1) is 0 Å². The lowest BCUT2D eigenvalue weighted by molar-refractivity contribution is -0.387. The fraction of sp³-hybridized carbons (Fsp3) is 0.500. The lowest BCUT2D eigenvalue weighted by Gasteiger charge is -2.20. The van der Waals surface area contributed by atoms with Crippen molar-refractivity contribution in [3.63, 3.8) is 0 Å². The number of nitro groups is 1. The number of aryl methyl sites for hydroxylation is 2. The van der Waals surface area contributed by atoms with Crippen molar-refractivity contribution in [1.82, 2.24) is 4.31 Å². The summed E-state index contributed by atoms with van der Waals surface area (Å²) in [5, 5.41) is 20.4. The van der Waals surface area contributed by atoms with Crippen LogP contribution in [-0.2, 0) is 14.8 Å². The molecule has 0 radical (unpaired) electrons. The number of carbonyl (C=O) groups is 1. The van der Waals surface area contributed by atoms with E-state index in [2.05, 4.69) is 0 Å². The molecule has 1 atom stereocenters. The second-order valence-corrected chi connectivity index (χ2v) is 8.02. The molecule has 1 aliphatic heterocycles. The summed E-state index contributed by atoms with van der Waals surface area (Å²) >= 11 is 0. The molecule has 9 heteroatoms. The lowest BCUT2D eigenvalue weighted by atomic mass is 9.90. The van der Waals surface area contributed by atoms with Crippen LogP contribution in [0.3, 0.4) is 0 Å². The number of rotatable bonds is 4. The van der Waals surface area contributed by atoms with Gasteiger partial charge in [-0.2, -0.15) is 4.31 Å². The highest BCUT2D eigenvalue weighted by molar-refractivity contribution is 7.89. The Morgan fingerprint density at radius 1 is 1.35 bits per heavy atom. The summed E-state index contributed by atoms with van der Waals surface area (Å²) in [6.45, 7) is 4.63. The van der Waals surface area contributed by atoms with Crippen LogP contribution in [0.1, 0.15) is 24.5 Å². The summed E-state index contributed by atoms with van der Waals surface area (Å²) in [4.78, 5) is 21.4. The van der Waals surface area contributed by atoms with Gasteiger partial charge in [-0.25, -0.2) is 8.42 Å². The number of carboxylic acids is 1. The van der Waals surface area contributed by atoms with Gasteiger partial charge in [-0.3, -0.25) is 14.9 Å². The molecule has 2 rings (SSSR count). The Kier molecular flexibility index (Phi) is 4.20. The number of nitro benzene ring substituents is 1. The van der Waals surface area contributed by atoms with Gasteiger partial charge in [-0.1, -0.05) is 0 Å². The molecule has 1 aromatic rings. The summed E-state index contributed by atoms with van der Waals surface area (Å²) in [5.74, 6) is -1.08. The topological polar surface area (TPSA) is 118 Å². The molecule has 0 saturated carbocycles. The van der Waals surface area contributed by atoms with Crippen molar-refractivity contribution < 1.29 is 23.2 Å². The molecule has 0 spiro atoms. The minimum Gasteiger partial charge on any atom is -0.481 e. The molecule has 0 amide bonds. The number of nitrogens with zero attached hydrogens (tertiary/aromatic N) is 2. The first-order valence-electron chi connectivity index (χ1n) is 6.98. The van der Waals surface area contributed by atoms with Crippen molar-refractivity contribution >= 4 is 21.7 Å². The SMILES string of the molecule is Cc1cc([N+](=O)[O-])c(S(=O)(=O)N2CCC(C)(C(=O)O)C2)cc1C. The predicted octanol–water partition coefficient (Wildman–Crippen LogP) is 1.70. The van der Waals surface area contributed by atoms with Crippen molar-refractivity contribution in [1.29, 1.82) is 0 Å². The van der Waals surface area contributed by atoms with Crippen LogP contribution >= 0.6 is 0 Å². The monoisotopic (exact) mass is 342 g/mol. The zero-order valence-corrected chi connectivity index (χ0v) is 13.9. The fourth-order valence-electron chi connectivity index (χ4n) is 2.56. The van der Waals surface area contributed by atoms with E-state index in [1.54, 1.807) is 13.8 Å². The average Bonchev–Trinajstić information content (AvgIpc) is 2.86. The van der Waals surface area contributed by atoms with E-state index in [0.29, 0.717) is 11.1 Å². The van der Waals surface area contributed by atoms with Crippen LogP contribution in [0.4, 0.5) is 5.69 Å². The third-order valence-corrected chi connectivity index (χ3v) is 6.22. The number of sulfonamides is 1. The van der Waals surface area contributed by atoms with Gasteiger partial charge in [0.15, 0.2) is 4.90 Å². The van der Waals surface area contributed by atoms with Gasteiger partial charge in [-0.05, 0) is 44.4 Å². The maximum Gasteiger partial charge on any atom is 0.310 e. The van der Waals surface area contributed by atoms with Gasteiger partial charge in [0.1, 0.15) is 0 Å². The Hall–Kier alpha value is -2.00. The van der Waals surface area contributed by atoms with Crippen LogP contribution in [-0.4, -0.2) is 41.8 Å². The average molecular weight is 342 g/mol. The quantitative estimate of drug-likeness (QED) is 0.657. The van der Waals surface area contributed by atoms with Crippen LogP contribution in [0, 0.1) is 29.4 Å². The summed E-state index contributed by atoms with van der Waals surface area (Å²) in [6, 6.07) is 2.51. The van der Waals surface area contributed by atoms with Crippen LogP contribution in [0.25, 0.3) is 0 Å². The van der Waals surface area contributed by atoms with Crippen LogP contribution in [0.2, 0.25) is 0 Å². The Morgan fingerprint density at radius 3 is 2.39 bits per heavy atom. The van der Waals surface area contributed by atoms with Crippen molar-refractivity contribution in [2.24, 2.45) is 5.41 Å². The summed E-state index contributed by atoms with van der Waals surface area (Å²) < 4.78 is 26.5. The van der Waals surface area contributed by atoms with Gasteiger partial charge in [0.2, 0.25) is 10.0 Å². The molecular weight excluding hydrogens is 324 g/mol. The number of carboxylic acid groups (broad SMARTS) is 1. The van der Waals surface area contributed by atoms with Gasteiger partial charge < -0.3 is 5.11 Å². The molecule has 1 N–H and O–H groups in total. The first-order chi connectivity index (χ1) is 10.5. The molecule has 1 fully saturated rings. The van der Waals surface area contributed by atoms with Crippen molar-refractivity contribution in [2.45, 2.75) is 32.1 Å². The van der Waals surface area contributed by atoms with Gasteiger partial charge >= 0.3 is 5.97 Å². The number of hydrogen-bond acceptors (Lipinski definition) is 5. The molecule has 0 aromatic heterocycles. The van der Waals surface area contributed by atoms with Crippen molar-refractivity contribution in [3.8, 4) is 0 Å². The number of hydrogen-bond donors (Lipinski definition) is 1. The van der Waals surface area contributed by atoms with Crippen LogP contribution in [0.15, 0.2) is 17.0 Å². The maximum absolute atomic E-state index is 12.8. The molecule has 1 saturated heterocycles. The molecule has 0 aliphatic carbocycles. The lowest BCUT2D eigenvalue weighted by Crippen LogP contribution is -2.35. The molecular formula is C14H18N2O6S. The Labute approximate surface area is 133 Å². The minimum atomic E-state index is -4.13. The minimum absolute atomic E-state index is 0.0230. The molecule has 0 bridgehead atoms. The molecule has 23 heavy (non-hydrogen) atoms. The van der Waals surface area contributed by atoms with E-state index in [-0.39, 0.29) is 24.4 Å². The largest absolute Gasteiger partial charge is 0.481 e. The highest BCUT2D eigenvalue weighted by atomic mass is 32.2. The summed E-state index contributed by atoms with van der Waals surface area (Å²) in [6.07, 6.45) is 0.167. The highest BCUT2D eigenvalue weighted by Crippen LogP contribution is 2.36. The van der Waals surface area contributed by atoms with E-state index in [4.69, 9.17) is 0 Å². The van der Waals surface area contributed by atoms with E-state index >= 15 is 0 Å². The van der Waals surface area contributed by atoms with Crippen LogP contribution < -0.4 is 0 Å². The zero-order valence-electron chi connectivity index (χ0n) is 13.1. The predicted molar refractivity (Wildman–Crippen MR) is 81.7 cm³/mol. The molecule has 1 aliphatic rings. The molecule has 1 unspecified atom stereocenters. The van der Waals surface area contributed by atoms with E-state index in [1.807, 2.05) is 0 Å². The Balaban J connectivity index is 2.52. The maximum atomic E-state index is 12.8. The zero-order chi connectivity index (χ0) is 17.6. The molecule has 8 nitrogen and oxygen atoms in total. The standard InChI is InChI=1S/C14H18N2O6S/c1-9-6-11(16(19)20)12(7-10(9)2)23(21,22)15-5-4-14(3,8-15)13(17)18/h6-7H,4-5,8H2,1-3H3,(H,17,18). The number of aliphatic carboxylic acids is 1. The Bertz CT molecular complexity index is 789. The highest BCUT2D eigenvalue weighted by Gasteiger charge is 2.46. The number of benzene rings is 1. The summed E-state index contributed by atoms with van der Waals surface area (Å²) in [5.41, 5.74) is -0.430. The summed E-state index contributed by atoms with van der Waals surface area (Å²) in [7, 11) is -4.13. The van der Waals surface area contributed by atoms with E-state index < -0.39 is 32.0 Å². The second-order valence-electron chi connectivity index (χ2n) is 6.12. The normalized spacial score (nSPS) is 22.2. The molecule has 1 aromatic carbocycles. The van der Waals surface area contributed by atoms with E-state index in [9.17, 15) is 28.4 Å². The smallest absolute Gasteiger partial charge is 0.310 e. The fourth-order valence-corrected chi connectivity index (χ4v) is 4.35. The first kappa shape index (κ1) is 17.4. The van der Waals surface area contributed by atoms with E-state index in [1.165, 1.54) is 19.1 Å². The van der Waals surface area contributed by atoms with Gasteiger partial charge in [0, 0.05) is 19.2 Å². The Morgan fingerprint density at radius 2 is 1.91 bits per heavy atom. The second kappa shape index (κ2) is 5.57. The van der Waals surface area contributed by atoms with E-state index in [0.717, 1.165) is 4.31 Å². The third-order valence-electron chi connectivity index (χ3n) is 4.34. The first-order valence-corrected chi connectivity index (χ1v) is 8.42. The van der Waals surface area contributed by atoms with Crippen molar-refractivity contribution in [2.75, 3.05) is 13.1 Å².